The summed E-state index contributed by atoms with van der Waals surface area (Å²) < 4.78 is 0. The molecule has 0 aromatic heterocycles. The van der Waals surface area contributed by atoms with Gasteiger partial charge in [0.05, 0.1) is 0 Å². The molecule has 0 spiro atoms. The van der Waals surface area contributed by atoms with Crippen LogP contribution in [0, 0.1) is 0 Å². The van der Waals surface area contributed by atoms with Gasteiger partial charge in [-0.1, -0.05) is 29.8 Å². The molecule has 62 valence electrons. The van der Waals surface area contributed by atoms with Gasteiger partial charge in [0.2, 0.25) is 0 Å². The minimum absolute atomic E-state index is 0.525. The van der Waals surface area contributed by atoms with Gasteiger partial charge in [0.15, 0.2) is 0 Å². The molecular formula is C9H14ClN. The first kappa shape index (κ1) is 10.5. The standard InChI is InChI=1S/C9H14ClN/c1-7(2)9(6-11)5-4-8(3)10/h4-5H,3,6,11H2,1-2H3/b5-4-. The van der Waals surface area contributed by atoms with Crippen molar-refractivity contribution in [1.29, 1.82) is 0 Å². The van der Waals surface area contributed by atoms with Gasteiger partial charge in [-0.25, -0.2) is 0 Å². The van der Waals surface area contributed by atoms with Crippen molar-refractivity contribution in [2.24, 2.45) is 5.73 Å². The highest BCUT2D eigenvalue weighted by Gasteiger charge is 1.90. The minimum atomic E-state index is 0.525. The van der Waals surface area contributed by atoms with Crippen LogP contribution < -0.4 is 5.73 Å². The van der Waals surface area contributed by atoms with Crippen LogP contribution in [0.4, 0.5) is 0 Å². The Kier molecular flexibility index (Phi) is 4.92. The summed E-state index contributed by atoms with van der Waals surface area (Å²) in [5.74, 6) is 0. The molecule has 0 rings (SSSR count). The molecule has 0 aliphatic rings. The number of hydrogen-bond donors (Lipinski definition) is 1. The summed E-state index contributed by atoms with van der Waals surface area (Å²) in [7, 11) is 0. The Hall–Kier alpha value is -0.530. The molecule has 0 saturated carbocycles. The Morgan fingerprint density at radius 3 is 2.27 bits per heavy atom. The van der Waals surface area contributed by atoms with Crippen LogP contribution in [-0.4, -0.2) is 6.54 Å². The number of allylic oxidation sites excluding steroid dienone is 3. The van der Waals surface area contributed by atoms with Gasteiger partial charge in [0.25, 0.3) is 0 Å². The Morgan fingerprint density at radius 1 is 1.45 bits per heavy atom. The number of hydrogen-bond acceptors (Lipinski definition) is 1. The largest absolute Gasteiger partial charge is 0.326 e. The summed E-state index contributed by atoms with van der Waals surface area (Å²) in [5, 5.41) is 0.525. The van der Waals surface area contributed by atoms with Crippen molar-refractivity contribution in [3.63, 3.8) is 0 Å². The van der Waals surface area contributed by atoms with E-state index in [0.717, 1.165) is 5.57 Å². The van der Waals surface area contributed by atoms with Crippen LogP contribution in [0.2, 0.25) is 0 Å². The zero-order valence-corrected chi connectivity index (χ0v) is 7.78. The minimum Gasteiger partial charge on any atom is -0.326 e. The summed E-state index contributed by atoms with van der Waals surface area (Å²) in [6.45, 7) is 8.12. The fourth-order valence-electron chi connectivity index (χ4n) is 0.630. The highest BCUT2D eigenvalue weighted by molar-refractivity contribution is 6.30. The molecule has 0 radical (unpaired) electrons. The third-order valence-electron chi connectivity index (χ3n) is 1.33. The van der Waals surface area contributed by atoms with Crippen LogP contribution >= 0.6 is 11.6 Å². The van der Waals surface area contributed by atoms with E-state index in [4.69, 9.17) is 17.3 Å². The zero-order valence-electron chi connectivity index (χ0n) is 7.02. The van der Waals surface area contributed by atoms with E-state index in [-0.39, 0.29) is 0 Å². The molecule has 0 aromatic carbocycles. The molecule has 0 amide bonds. The molecule has 2 N–H and O–H groups in total. The van der Waals surface area contributed by atoms with Crippen molar-refractivity contribution in [2.75, 3.05) is 6.54 Å². The molecule has 0 aliphatic heterocycles. The second-order valence-corrected chi connectivity index (χ2v) is 3.00. The van der Waals surface area contributed by atoms with Crippen molar-refractivity contribution < 1.29 is 0 Å². The first-order chi connectivity index (χ1) is 5.07. The normalized spacial score (nSPS) is 10.2. The molecule has 0 aromatic rings. The van der Waals surface area contributed by atoms with Crippen molar-refractivity contribution in [2.45, 2.75) is 13.8 Å². The summed E-state index contributed by atoms with van der Waals surface area (Å²) in [6.07, 6.45) is 3.64. The highest BCUT2D eigenvalue weighted by Crippen LogP contribution is 2.06. The highest BCUT2D eigenvalue weighted by atomic mass is 35.5. The van der Waals surface area contributed by atoms with Gasteiger partial charge in [-0.3, -0.25) is 0 Å². The van der Waals surface area contributed by atoms with Crippen LogP contribution in [0.5, 0.6) is 0 Å². The predicted molar refractivity (Wildman–Crippen MR) is 51.6 cm³/mol. The van der Waals surface area contributed by atoms with E-state index in [2.05, 4.69) is 6.58 Å². The monoisotopic (exact) mass is 171 g/mol. The molecule has 0 heterocycles. The van der Waals surface area contributed by atoms with Crippen molar-refractivity contribution in [3.8, 4) is 0 Å². The van der Waals surface area contributed by atoms with Gasteiger partial charge in [0, 0.05) is 11.6 Å². The van der Waals surface area contributed by atoms with Crippen LogP contribution in [-0.2, 0) is 0 Å². The van der Waals surface area contributed by atoms with Gasteiger partial charge in [-0.2, -0.15) is 0 Å². The van der Waals surface area contributed by atoms with E-state index in [1.165, 1.54) is 5.57 Å². The summed E-state index contributed by atoms with van der Waals surface area (Å²) in [6, 6.07) is 0. The van der Waals surface area contributed by atoms with Crippen LogP contribution in [0.25, 0.3) is 0 Å². The second kappa shape index (κ2) is 5.16. The predicted octanol–water partition coefficient (Wildman–Crippen LogP) is 2.59. The molecule has 0 saturated heterocycles. The van der Waals surface area contributed by atoms with Crippen LogP contribution in [0.3, 0.4) is 0 Å². The molecular weight excluding hydrogens is 158 g/mol. The second-order valence-electron chi connectivity index (χ2n) is 2.51. The quantitative estimate of drug-likeness (QED) is 0.650. The summed E-state index contributed by atoms with van der Waals surface area (Å²) in [5.41, 5.74) is 7.79. The molecule has 0 unspecified atom stereocenters. The Balaban J connectivity index is 4.33. The summed E-state index contributed by atoms with van der Waals surface area (Å²) in [4.78, 5) is 0. The molecule has 1 nitrogen and oxygen atoms in total. The Morgan fingerprint density at radius 2 is 2.00 bits per heavy atom. The lowest BCUT2D eigenvalue weighted by molar-refractivity contribution is 1.13. The maximum atomic E-state index is 5.54. The fraction of sp³-hybridized carbons (Fsp3) is 0.333. The van der Waals surface area contributed by atoms with Crippen molar-refractivity contribution >= 4 is 11.6 Å². The Bertz CT molecular complexity index is 198. The maximum Gasteiger partial charge on any atom is 0.0334 e. The van der Waals surface area contributed by atoms with E-state index in [1.807, 2.05) is 19.9 Å². The lowest BCUT2D eigenvalue weighted by Crippen LogP contribution is -2.02. The van der Waals surface area contributed by atoms with Crippen molar-refractivity contribution in [1.82, 2.24) is 0 Å². The molecule has 0 atom stereocenters. The lowest BCUT2D eigenvalue weighted by atomic mass is 10.1. The van der Waals surface area contributed by atoms with E-state index in [9.17, 15) is 0 Å². The fourth-order valence-corrected chi connectivity index (χ4v) is 0.693. The van der Waals surface area contributed by atoms with Gasteiger partial charge in [0.1, 0.15) is 0 Å². The number of nitrogens with two attached hydrogens (primary N) is 1. The van der Waals surface area contributed by atoms with E-state index in [1.54, 1.807) is 6.08 Å². The third kappa shape index (κ3) is 4.82. The molecule has 0 bridgehead atoms. The number of halogens is 1. The SMILES string of the molecule is C=C(Cl)/C=C\C(CN)=C(C)C. The van der Waals surface area contributed by atoms with E-state index in [0.29, 0.717) is 11.6 Å². The zero-order chi connectivity index (χ0) is 8.85. The first-order valence-electron chi connectivity index (χ1n) is 3.47. The van der Waals surface area contributed by atoms with Gasteiger partial charge < -0.3 is 5.73 Å². The molecule has 11 heavy (non-hydrogen) atoms. The Labute approximate surface area is 73.2 Å². The number of rotatable bonds is 3. The van der Waals surface area contributed by atoms with Gasteiger partial charge in [-0.05, 0) is 25.5 Å². The average Bonchev–Trinajstić information content (AvgIpc) is 1.87. The first-order valence-corrected chi connectivity index (χ1v) is 3.84. The van der Waals surface area contributed by atoms with Gasteiger partial charge in [-0.15, -0.1) is 0 Å². The molecule has 0 fully saturated rings. The smallest absolute Gasteiger partial charge is 0.0334 e. The van der Waals surface area contributed by atoms with E-state index < -0.39 is 0 Å². The maximum absolute atomic E-state index is 5.54. The molecule has 0 aliphatic carbocycles. The third-order valence-corrected chi connectivity index (χ3v) is 1.45. The average molecular weight is 172 g/mol. The topological polar surface area (TPSA) is 26.0 Å². The lowest BCUT2D eigenvalue weighted by Gasteiger charge is -1.99. The van der Waals surface area contributed by atoms with Crippen LogP contribution in [0.15, 0.2) is 34.9 Å². The van der Waals surface area contributed by atoms with Crippen LogP contribution in [0.1, 0.15) is 13.8 Å². The van der Waals surface area contributed by atoms with Crippen molar-refractivity contribution in [3.05, 3.63) is 34.9 Å². The van der Waals surface area contributed by atoms with Gasteiger partial charge >= 0.3 is 0 Å². The van der Waals surface area contributed by atoms with E-state index >= 15 is 0 Å². The molecule has 2 heteroatoms. The summed E-state index contributed by atoms with van der Waals surface area (Å²) >= 11 is 5.54.